The molecule has 19 heavy (non-hydrogen) atoms. The van der Waals surface area contributed by atoms with Crippen LogP contribution in [-0.4, -0.2) is 18.2 Å². The molecule has 1 aliphatic rings. The van der Waals surface area contributed by atoms with Crippen LogP contribution in [0.5, 0.6) is 0 Å². The van der Waals surface area contributed by atoms with E-state index < -0.39 is 0 Å². The van der Waals surface area contributed by atoms with Gasteiger partial charge in [0.05, 0.1) is 6.10 Å². The highest BCUT2D eigenvalue weighted by atomic mass is 16.3. The molecule has 1 aromatic carbocycles. The number of piperidine rings is 1. The summed E-state index contributed by atoms with van der Waals surface area (Å²) in [4.78, 5) is 2.46. The van der Waals surface area contributed by atoms with Gasteiger partial charge in [0.2, 0.25) is 0 Å². The summed E-state index contributed by atoms with van der Waals surface area (Å²) in [6.07, 6.45) is 5.71. The minimum absolute atomic E-state index is 0.329. The van der Waals surface area contributed by atoms with Gasteiger partial charge in [-0.25, -0.2) is 0 Å². The molecular weight excluding hydrogens is 234 g/mol. The average Bonchev–Trinajstić information content (AvgIpc) is 2.47. The highest BCUT2D eigenvalue weighted by Gasteiger charge is 2.21. The summed E-state index contributed by atoms with van der Waals surface area (Å²) in [5, 5.41) is 10.2. The number of aliphatic hydroxyl groups excluding tert-OH is 1. The molecule has 2 rings (SSSR count). The Bertz CT molecular complexity index is 383. The molecule has 1 N–H and O–H groups in total. The van der Waals surface area contributed by atoms with Crippen molar-refractivity contribution >= 4 is 5.69 Å². The molecule has 0 aromatic heterocycles. The number of hydrogen-bond donors (Lipinski definition) is 1. The molecule has 106 valence electrons. The number of rotatable bonds is 5. The van der Waals surface area contributed by atoms with Crippen molar-refractivity contribution in [1.29, 1.82) is 0 Å². The Morgan fingerprint density at radius 1 is 1.21 bits per heavy atom. The molecule has 1 atom stereocenters. The van der Waals surface area contributed by atoms with Gasteiger partial charge in [-0.1, -0.05) is 44.9 Å². The van der Waals surface area contributed by atoms with Crippen LogP contribution in [0.25, 0.3) is 0 Å². The number of aliphatic hydroxyl groups is 1. The third kappa shape index (κ3) is 3.50. The highest BCUT2D eigenvalue weighted by Crippen LogP contribution is 2.32. The maximum Gasteiger partial charge on any atom is 0.0807 e. The number of para-hydroxylation sites is 1. The third-order valence-electron chi connectivity index (χ3n) is 4.33. The summed E-state index contributed by atoms with van der Waals surface area (Å²) in [7, 11) is 0. The van der Waals surface area contributed by atoms with Crippen LogP contribution in [0.1, 0.15) is 57.6 Å². The van der Waals surface area contributed by atoms with Crippen molar-refractivity contribution in [2.45, 2.75) is 52.1 Å². The van der Waals surface area contributed by atoms with Crippen LogP contribution in [0, 0.1) is 5.92 Å². The van der Waals surface area contributed by atoms with E-state index in [0.29, 0.717) is 0 Å². The quantitative estimate of drug-likeness (QED) is 0.861. The van der Waals surface area contributed by atoms with Gasteiger partial charge in [0.25, 0.3) is 0 Å². The summed E-state index contributed by atoms with van der Waals surface area (Å²) in [5.74, 6) is 0.907. The molecule has 1 saturated heterocycles. The Morgan fingerprint density at radius 3 is 2.53 bits per heavy atom. The molecule has 0 spiro atoms. The van der Waals surface area contributed by atoms with Crippen LogP contribution in [0.3, 0.4) is 0 Å². The first kappa shape index (κ1) is 14.4. The molecule has 0 aliphatic carbocycles. The van der Waals surface area contributed by atoms with Crippen molar-refractivity contribution < 1.29 is 5.11 Å². The van der Waals surface area contributed by atoms with Crippen molar-refractivity contribution in [3.8, 4) is 0 Å². The first-order chi connectivity index (χ1) is 9.26. The van der Waals surface area contributed by atoms with E-state index >= 15 is 0 Å². The summed E-state index contributed by atoms with van der Waals surface area (Å²) in [5.41, 5.74) is 2.34. The standard InChI is InChI=1S/C17H27NO/c1-3-7-14-10-12-18(13-11-14)16-9-6-5-8-15(16)17(19)4-2/h5-6,8-9,14,17,19H,3-4,7,10-13H2,1-2H3/t17-/m1/s1. The molecule has 0 saturated carbocycles. The minimum Gasteiger partial charge on any atom is -0.388 e. The summed E-state index contributed by atoms with van der Waals surface area (Å²) < 4.78 is 0. The van der Waals surface area contributed by atoms with Crippen molar-refractivity contribution in [3.63, 3.8) is 0 Å². The highest BCUT2D eigenvalue weighted by molar-refractivity contribution is 5.54. The summed E-state index contributed by atoms with van der Waals surface area (Å²) >= 11 is 0. The fourth-order valence-electron chi connectivity index (χ4n) is 3.15. The largest absolute Gasteiger partial charge is 0.388 e. The number of hydrogen-bond acceptors (Lipinski definition) is 2. The molecule has 1 aromatic rings. The molecule has 2 nitrogen and oxygen atoms in total. The predicted octanol–water partition coefficient (Wildman–Crippen LogP) is 4.15. The van der Waals surface area contributed by atoms with Crippen LogP contribution < -0.4 is 4.90 Å². The summed E-state index contributed by atoms with van der Waals surface area (Å²) in [6.45, 7) is 6.59. The van der Waals surface area contributed by atoms with E-state index in [4.69, 9.17) is 0 Å². The number of nitrogens with zero attached hydrogens (tertiary/aromatic N) is 1. The van der Waals surface area contributed by atoms with Gasteiger partial charge in [0.15, 0.2) is 0 Å². The van der Waals surface area contributed by atoms with Crippen LogP contribution >= 0.6 is 0 Å². The first-order valence-corrected chi connectivity index (χ1v) is 7.78. The zero-order valence-corrected chi connectivity index (χ0v) is 12.3. The van der Waals surface area contributed by atoms with E-state index in [0.717, 1.165) is 31.0 Å². The summed E-state index contributed by atoms with van der Waals surface area (Å²) in [6, 6.07) is 8.34. The van der Waals surface area contributed by atoms with E-state index in [1.807, 2.05) is 13.0 Å². The SMILES string of the molecule is CCCC1CCN(c2ccccc2[C@H](O)CC)CC1. The lowest BCUT2D eigenvalue weighted by atomic mass is 9.91. The van der Waals surface area contributed by atoms with Gasteiger partial charge in [-0.15, -0.1) is 0 Å². The van der Waals surface area contributed by atoms with Crippen LogP contribution in [0.2, 0.25) is 0 Å². The van der Waals surface area contributed by atoms with Gasteiger partial charge in [-0.05, 0) is 31.2 Å². The van der Waals surface area contributed by atoms with Crippen molar-refractivity contribution in [2.24, 2.45) is 5.92 Å². The fourth-order valence-corrected chi connectivity index (χ4v) is 3.15. The van der Waals surface area contributed by atoms with Gasteiger partial charge < -0.3 is 10.0 Å². The second-order valence-corrected chi connectivity index (χ2v) is 5.70. The molecule has 0 radical (unpaired) electrons. The average molecular weight is 261 g/mol. The van der Waals surface area contributed by atoms with E-state index in [-0.39, 0.29) is 6.10 Å². The molecule has 0 amide bonds. The number of benzene rings is 1. The molecule has 2 heteroatoms. The molecule has 0 bridgehead atoms. The lowest BCUT2D eigenvalue weighted by Crippen LogP contribution is -2.34. The van der Waals surface area contributed by atoms with Crippen molar-refractivity contribution in [2.75, 3.05) is 18.0 Å². The second-order valence-electron chi connectivity index (χ2n) is 5.70. The lowest BCUT2D eigenvalue weighted by molar-refractivity contribution is 0.174. The Kier molecular flexibility index (Phi) is 5.26. The smallest absolute Gasteiger partial charge is 0.0807 e. The topological polar surface area (TPSA) is 23.5 Å². The molecule has 1 heterocycles. The fraction of sp³-hybridized carbons (Fsp3) is 0.647. The Labute approximate surface area is 117 Å². The van der Waals surface area contributed by atoms with Crippen LogP contribution in [0.4, 0.5) is 5.69 Å². The van der Waals surface area contributed by atoms with Gasteiger partial charge in [0.1, 0.15) is 0 Å². The predicted molar refractivity (Wildman–Crippen MR) is 81.5 cm³/mol. The van der Waals surface area contributed by atoms with E-state index in [2.05, 4.69) is 30.0 Å². The maximum atomic E-state index is 10.2. The van der Waals surface area contributed by atoms with Crippen LogP contribution in [-0.2, 0) is 0 Å². The zero-order valence-electron chi connectivity index (χ0n) is 12.3. The lowest BCUT2D eigenvalue weighted by Gasteiger charge is -2.35. The van der Waals surface area contributed by atoms with Gasteiger partial charge >= 0.3 is 0 Å². The normalized spacial score (nSPS) is 18.6. The van der Waals surface area contributed by atoms with Gasteiger partial charge in [-0.3, -0.25) is 0 Å². The molecule has 0 unspecified atom stereocenters. The Balaban J connectivity index is 2.07. The molecular formula is C17H27NO. The van der Waals surface area contributed by atoms with Gasteiger partial charge in [0, 0.05) is 24.3 Å². The van der Waals surface area contributed by atoms with E-state index in [9.17, 15) is 5.11 Å². The Morgan fingerprint density at radius 2 is 1.89 bits per heavy atom. The van der Waals surface area contributed by atoms with Crippen molar-refractivity contribution in [3.05, 3.63) is 29.8 Å². The second kappa shape index (κ2) is 6.95. The van der Waals surface area contributed by atoms with Crippen LogP contribution in [0.15, 0.2) is 24.3 Å². The molecule has 1 aliphatic heterocycles. The maximum absolute atomic E-state index is 10.2. The van der Waals surface area contributed by atoms with Gasteiger partial charge in [-0.2, -0.15) is 0 Å². The molecule has 1 fully saturated rings. The monoisotopic (exact) mass is 261 g/mol. The minimum atomic E-state index is -0.329. The zero-order chi connectivity index (χ0) is 13.7. The third-order valence-corrected chi connectivity index (χ3v) is 4.33. The first-order valence-electron chi connectivity index (χ1n) is 7.78. The number of anilines is 1. The Hall–Kier alpha value is -1.02. The van der Waals surface area contributed by atoms with E-state index in [1.54, 1.807) is 0 Å². The van der Waals surface area contributed by atoms with Crippen molar-refractivity contribution in [1.82, 2.24) is 0 Å². The van der Waals surface area contributed by atoms with E-state index in [1.165, 1.54) is 31.4 Å².